The molecule has 0 bridgehead atoms. The van der Waals surface area contributed by atoms with E-state index in [-0.39, 0.29) is 23.7 Å². The van der Waals surface area contributed by atoms with Gasteiger partial charge in [0.1, 0.15) is 17.6 Å². The van der Waals surface area contributed by atoms with Crippen molar-refractivity contribution in [2.45, 2.75) is 58.0 Å². The molecule has 0 aromatic carbocycles. The van der Waals surface area contributed by atoms with Gasteiger partial charge in [-0.2, -0.15) is 0 Å². The van der Waals surface area contributed by atoms with Gasteiger partial charge in [-0.15, -0.1) is 0 Å². The minimum atomic E-state index is -1.34. The number of hydrogen-bond acceptors (Lipinski definition) is 7. The van der Waals surface area contributed by atoms with Crippen molar-refractivity contribution in [2.75, 3.05) is 0 Å². The fraction of sp³-hybridized carbons (Fsp3) is 0.609. The van der Waals surface area contributed by atoms with Crippen molar-refractivity contribution >= 4 is 17.7 Å². The number of esters is 2. The number of fused-ring (bicyclic) bond motifs is 2. The van der Waals surface area contributed by atoms with E-state index in [0.717, 1.165) is 5.57 Å². The maximum absolute atomic E-state index is 13.9. The molecule has 2 fully saturated rings. The Balaban J connectivity index is 1.73. The van der Waals surface area contributed by atoms with Gasteiger partial charge in [0.05, 0.1) is 23.0 Å². The fourth-order valence-electron chi connectivity index (χ4n) is 6.19. The van der Waals surface area contributed by atoms with E-state index < -0.39 is 53.1 Å². The first-order chi connectivity index (χ1) is 13.9. The first-order valence-corrected chi connectivity index (χ1v) is 10.4. The fourth-order valence-corrected chi connectivity index (χ4v) is 6.19. The number of ether oxygens (including phenoxy) is 3. The molecule has 1 saturated heterocycles. The zero-order valence-electron chi connectivity index (χ0n) is 17.6. The van der Waals surface area contributed by atoms with Crippen LogP contribution in [0, 0.1) is 29.6 Å². The average molecular weight is 414 g/mol. The molecule has 1 N–H and O–H groups in total. The molecule has 0 radical (unpaired) electrons. The van der Waals surface area contributed by atoms with Gasteiger partial charge in [0.15, 0.2) is 0 Å². The van der Waals surface area contributed by atoms with Crippen molar-refractivity contribution in [3.63, 3.8) is 0 Å². The Morgan fingerprint density at radius 3 is 2.53 bits per heavy atom. The minimum absolute atomic E-state index is 0.192. The number of cyclic esters (lactones) is 1. The summed E-state index contributed by atoms with van der Waals surface area (Å²) in [5.41, 5.74) is 0.148. The highest BCUT2D eigenvalue weighted by molar-refractivity contribution is 6.03. The zero-order valence-corrected chi connectivity index (χ0v) is 17.6. The smallest absolute Gasteiger partial charge is 0.341 e. The first kappa shape index (κ1) is 19.5. The Labute approximate surface area is 174 Å². The van der Waals surface area contributed by atoms with Crippen LogP contribution >= 0.6 is 0 Å². The van der Waals surface area contributed by atoms with Crippen LogP contribution in [0.15, 0.2) is 35.1 Å². The quantitative estimate of drug-likeness (QED) is 0.519. The van der Waals surface area contributed by atoms with E-state index in [2.05, 4.69) is 6.58 Å². The third kappa shape index (κ3) is 2.51. The Kier molecular flexibility index (Phi) is 3.81. The predicted octanol–water partition coefficient (Wildman–Crippen LogP) is 2.20. The second kappa shape index (κ2) is 5.84. The summed E-state index contributed by atoms with van der Waals surface area (Å²) < 4.78 is 16.9. The molecule has 7 atom stereocenters. The van der Waals surface area contributed by atoms with E-state index in [1.165, 1.54) is 0 Å². The van der Waals surface area contributed by atoms with Crippen molar-refractivity contribution in [3.05, 3.63) is 35.1 Å². The van der Waals surface area contributed by atoms with E-state index in [1.54, 1.807) is 26.8 Å². The Morgan fingerprint density at radius 2 is 1.87 bits per heavy atom. The van der Waals surface area contributed by atoms with Crippen LogP contribution in [0.5, 0.6) is 0 Å². The van der Waals surface area contributed by atoms with Crippen LogP contribution in [0.4, 0.5) is 0 Å². The maximum Gasteiger partial charge on any atom is 0.341 e. The minimum Gasteiger partial charge on any atom is -0.458 e. The summed E-state index contributed by atoms with van der Waals surface area (Å²) in [6.45, 7) is 10.9. The van der Waals surface area contributed by atoms with Crippen molar-refractivity contribution in [3.8, 4) is 0 Å². The molecular formula is C23H26O7. The third-order valence-electron chi connectivity index (χ3n) is 7.31. The van der Waals surface area contributed by atoms with Gasteiger partial charge < -0.3 is 19.3 Å². The number of rotatable bonds is 1. The highest BCUT2D eigenvalue weighted by atomic mass is 16.7. The summed E-state index contributed by atoms with van der Waals surface area (Å²) in [6, 6.07) is 0. The zero-order chi connectivity index (χ0) is 21.7. The number of allylic oxidation sites excluding steroid dienone is 3. The average Bonchev–Trinajstić information content (AvgIpc) is 2.95. The third-order valence-corrected chi connectivity index (χ3v) is 7.31. The van der Waals surface area contributed by atoms with E-state index in [1.807, 2.05) is 6.92 Å². The normalized spacial score (nSPS) is 43.5. The summed E-state index contributed by atoms with van der Waals surface area (Å²) in [4.78, 5) is 39.6. The van der Waals surface area contributed by atoms with E-state index in [4.69, 9.17) is 14.2 Å². The molecule has 0 spiro atoms. The van der Waals surface area contributed by atoms with Crippen molar-refractivity contribution < 1.29 is 33.7 Å². The van der Waals surface area contributed by atoms with Gasteiger partial charge >= 0.3 is 11.9 Å². The van der Waals surface area contributed by atoms with Crippen LogP contribution in [-0.2, 0) is 28.6 Å². The second-order valence-corrected chi connectivity index (χ2v) is 9.97. The number of Topliss-reactive ketones (excluding diaryl/α,β-unsaturated/α-hetero) is 1. The van der Waals surface area contributed by atoms with Gasteiger partial charge in [-0.05, 0) is 25.7 Å². The molecule has 2 aliphatic heterocycles. The lowest BCUT2D eigenvalue weighted by Gasteiger charge is -2.44. The first-order valence-electron chi connectivity index (χ1n) is 10.4. The molecule has 5 rings (SSSR count). The number of aliphatic hydroxyl groups is 1. The van der Waals surface area contributed by atoms with Gasteiger partial charge in [0.2, 0.25) is 5.79 Å². The maximum atomic E-state index is 13.9. The second-order valence-electron chi connectivity index (χ2n) is 9.97. The van der Waals surface area contributed by atoms with Crippen molar-refractivity contribution in [2.24, 2.45) is 29.6 Å². The van der Waals surface area contributed by atoms with Crippen LogP contribution in [0.25, 0.3) is 0 Å². The summed E-state index contributed by atoms with van der Waals surface area (Å²) in [5, 5.41) is 11.1. The molecule has 1 saturated carbocycles. The van der Waals surface area contributed by atoms with Crippen LogP contribution in [0.1, 0.15) is 40.5 Å². The highest BCUT2D eigenvalue weighted by Crippen LogP contribution is 2.57. The van der Waals surface area contributed by atoms with Crippen LogP contribution in [-0.4, -0.2) is 40.3 Å². The number of carbonyl (C=O) groups excluding carboxylic acids is 3. The molecule has 5 aliphatic rings. The van der Waals surface area contributed by atoms with Gasteiger partial charge in [0, 0.05) is 38.2 Å². The standard InChI is InChI=1S/C23H26O7/c1-9(2)10-7-13-17(21(26)30-22(3,4)29-13)16-11(10)6-12-15-14(28-20(12)25)8-23(5,27)18(15)19(16)24/h6,10-11,14-16,18,27H,1,7-8H2,2-5H3/t10-,11-,14+,15+,16-,18-,23-/m1/s1. The lowest BCUT2D eigenvalue weighted by molar-refractivity contribution is -0.212. The van der Waals surface area contributed by atoms with E-state index >= 15 is 0 Å². The molecule has 0 amide bonds. The van der Waals surface area contributed by atoms with Crippen LogP contribution in [0.2, 0.25) is 0 Å². The molecule has 160 valence electrons. The molecule has 0 unspecified atom stereocenters. The molecule has 7 heteroatoms. The largest absolute Gasteiger partial charge is 0.458 e. The Morgan fingerprint density at radius 1 is 1.17 bits per heavy atom. The van der Waals surface area contributed by atoms with Gasteiger partial charge in [-0.25, -0.2) is 9.59 Å². The van der Waals surface area contributed by atoms with Gasteiger partial charge in [-0.3, -0.25) is 4.79 Å². The topological polar surface area (TPSA) is 99.1 Å². The molecular weight excluding hydrogens is 388 g/mol. The molecule has 7 nitrogen and oxygen atoms in total. The Hall–Kier alpha value is -2.41. The number of hydrogen-bond donors (Lipinski definition) is 1. The van der Waals surface area contributed by atoms with Crippen molar-refractivity contribution in [1.29, 1.82) is 0 Å². The van der Waals surface area contributed by atoms with E-state index in [0.29, 0.717) is 17.8 Å². The lowest BCUT2D eigenvalue weighted by atomic mass is 9.65. The monoisotopic (exact) mass is 414 g/mol. The molecule has 3 aliphatic carbocycles. The molecule has 30 heavy (non-hydrogen) atoms. The van der Waals surface area contributed by atoms with E-state index in [9.17, 15) is 19.5 Å². The van der Waals surface area contributed by atoms with Gasteiger partial charge in [-0.1, -0.05) is 18.2 Å². The summed E-state index contributed by atoms with van der Waals surface area (Å²) in [7, 11) is 0. The highest BCUT2D eigenvalue weighted by Gasteiger charge is 2.65. The van der Waals surface area contributed by atoms with Crippen LogP contribution in [0.3, 0.4) is 0 Å². The molecule has 0 aromatic heterocycles. The Bertz CT molecular complexity index is 966. The molecule has 2 heterocycles. The lowest BCUT2D eigenvalue weighted by Crippen LogP contribution is -2.49. The van der Waals surface area contributed by atoms with Crippen molar-refractivity contribution in [1.82, 2.24) is 0 Å². The summed E-state index contributed by atoms with van der Waals surface area (Å²) in [5.74, 6) is -4.81. The number of carbonyl (C=O) groups is 3. The van der Waals surface area contributed by atoms with Gasteiger partial charge in [0.25, 0.3) is 0 Å². The predicted molar refractivity (Wildman–Crippen MR) is 103 cm³/mol. The number of ketones is 1. The SMILES string of the molecule is C=C(C)[C@H]1CC2=C(C(=O)OC(C)(C)O2)[C@@H]2C(=O)[C@H]3[C@H]4C(=C[C@@H]21)C(=O)O[C@H]4C[C@@]3(C)O. The summed E-state index contributed by atoms with van der Waals surface area (Å²) in [6.07, 6.45) is 1.86. The molecule has 0 aromatic rings. The van der Waals surface area contributed by atoms with Crippen LogP contribution < -0.4 is 0 Å². The summed E-state index contributed by atoms with van der Waals surface area (Å²) >= 11 is 0.